The Morgan fingerprint density at radius 2 is 2.00 bits per heavy atom. The lowest BCUT2D eigenvalue weighted by Gasteiger charge is -2.02. The van der Waals surface area contributed by atoms with Crippen molar-refractivity contribution in [2.24, 2.45) is 0 Å². The molecule has 0 unspecified atom stereocenters. The van der Waals surface area contributed by atoms with E-state index >= 15 is 0 Å². The van der Waals surface area contributed by atoms with Gasteiger partial charge in [0.05, 0.1) is 12.5 Å². The van der Waals surface area contributed by atoms with E-state index in [1.54, 1.807) is 19.5 Å². The fraction of sp³-hybridized carbons (Fsp3) is 0.0769. The summed E-state index contributed by atoms with van der Waals surface area (Å²) in [5, 5.41) is 8.04. The molecule has 5 nitrogen and oxygen atoms in total. The smallest absolute Gasteiger partial charge is 0.237 e. The molecule has 5 heteroatoms. The van der Waals surface area contributed by atoms with Gasteiger partial charge in [0.15, 0.2) is 5.52 Å². The third kappa shape index (κ3) is 1.75. The topological polar surface area (TPSA) is 60.2 Å². The SMILES string of the molecule is COc1cccc2c(Nc3ccncc3)onc12. The van der Waals surface area contributed by atoms with Crippen LogP contribution in [-0.4, -0.2) is 17.3 Å². The van der Waals surface area contributed by atoms with E-state index in [9.17, 15) is 0 Å². The number of benzene rings is 1. The summed E-state index contributed by atoms with van der Waals surface area (Å²) in [6.45, 7) is 0. The second kappa shape index (κ2) is 4.37. The van der Waals surface area contributed by atoms with Gasteiger partial charge in [0.2, 0.25) is 5.88 Å². The van der Waals surface area contributed by atoms with Gasteiger partial charge in [-0.1, -0.05) is 11.2 Å². The molecule has 0 aliphatic carbocycles. The Kier molecular flexibility index (Phi) is 2.57. The largest absolute Gasteiger partial charge is 0.494 e. The van der Waals surface area contributed by atoms with Crippen LogP contribution in [0.1, 0.15) is 0 Å². The first-order valence-electron chi connectivity index (χ1n) is 5.48. The zero-order chi connectivity index (χ0) is 12.4. The summed E-state index contributed by atoms with van der Waals surface area (Å²) in [5.41, 5.74) is 1.60. The van der Waals surface area contributed by atoms with Gasteiger partial charge in [-0.3, -0.25) is 4.98 Å². The summed E-state index contributed by atoms with van der Waals surface area (Å²) in [7, 11) is 1.61. The molecule has 2 aromatic heterocycles. The molecule has 0 spiro atoms. The van der Waals surface area contributed by atoms with Crippen molar-refractivity contribution in [3.63, 3.8) is 0 Å². The van der Waals surface area contributed by atoms with Crippen LogP contribution in [0.15, 0.2) is 47.2 Å². The molecule has 0 atom stereocenters. The Labute approximate surface area is 103 Å². The van der Waals surface area contributed by atoms with E-state index in [0.29, 0.717) is 17.2 Å². The molecule has 2 heterocycles. The van der Waals surface area contributed by atoms with Crippen LogP contribution < -0.4 is 10.1 Å². The number of methoxy groups -OCH3 is 1. The van der Waals surface area contributed by atoms with Gasteiger partial charge >= 0.3 is 0 Å². The highest BCUT2D eigenvalue weighted by Gasteiger charge is 2.11. The third-order valence-corrected chi connectivity index (χ3v) is 2.63. The Balaban J connectivity index is 2.03. The summed E-state index contributed by atoms with van der Waals surface area (Å²) >= 11 is 0. The molecule has 0 radical (unpaired) electrons. The Morgan fingerprint density at radius 1 is 1.17 bits per heavy atom. The second-order valence-corrected chi connectivity index (χ2v) is 3.73. The quantitative estimate of drug-likeness (QED) is 0.763. The molecule has 0 bridgehead atoms. The van der Waals surface area contributed by atoms with Crippen LogP contribution in [0.4, 0.5) is 11.6 Å². The Bertz CT molecular complexity index is 664. The number of hydrogen-bond acceptors (Lipinski definition) is 5. The number of nitrogens with zero attached hydrogens (tertiary/aromatic N) is 2. The van der Waals surface area contributed by atoms with Gasteiger partial charge in [-0.2, -0.15) is 0 Å². The lowest BCUT2D eigenvalue weighted by Crippen LogP contribution is -1.89. The number of fused-ring (bicyclic) bond motifs is 1. The zero-order valence-electron chi connectivity index (χ0n) is 9.75. The van der Waals surface area contributed by atoms with E-state index in [2.05, 4.69) is 15.5 Å². The van der Waals surface area contributed by atoms with Crippen molar-refractivity contribution in [1.82, 2.24) is 10.1 Å². The average Bonchev–Trinajstić information content (AvgIpc) is 2.83. The molecule has 18 heavy (non-hydrogen) atoms. The summed E-state index contributed by atoms with van der Waals surface area (Å²) in [6.07, 6.45) is 3.42. The summed E-state index contributed by atoms with van der Waals surface area (Å²) in [6, 6.07) is 9.39. The molecule has 0 aliphatic rings. The van der Waals surface area contributed by atoms with Gasteiger partial charge in [-0.15, -0.1) is 0 Å². The molecular formula is C13H11N3O2. The van der Waals surface area contributed by atoms with E-state index in [4.69, 9.17) is 9.26 Å². The lowest BCUT2D eigenvalue weighted by molar-refractivity contribution is 0.409. The summed E-state index contributed by atoms with van der Waals surface area (Å²) in [5.74, 6) is 1.29. The lowest BCUT2D eigenvalue weighted by atomic mass is 10.2. The van der Waals surface area contributed by atoms with Gasteiger partial charge in [0.25, 0.3) is 0 Å². The van der Waals surface area contributed by atoms with E-state index in [0.717, 1.165) is 11.1 Å². The molecule has 0 fully saturated rings. The number of aromatic nitrogens is 2. The predicted octanol–water partition coefficient (Wildman–Crippen LogP) is 2.98. The molecule has 0 saturated carbocycles. The van der Waals surface area contributed by atoms with Crippen molar-refractivity contribution in [3.8, 4) is 5.75 Å². The molecule has 0 saturated heterocycles. The number of pyridine rings is 1. The van der Waals surface area contributed by atoms with Crippen LogP contribution in [0.3, 0.4) is 0 Å². The van der Waals surface area contributed by atoms with Crippen LogP contribution in [-0.2, 0) is 0 Å². The maximum atomic E-state index is 5.30. The fourth-order valence-electron chi connectivity index (χ4n) is 1.76. The van der Waals surface area contributed by atoms with Crippen molar-refractivity contribution >= 4 is 22.5 Å². The standard InChI is InChI=1S/C13H11N3O2/c1-17-11-4-2-3-10-12(11)16-18-13(10)15-9-5-7-14-8-6-9/h2-8H,1H3,(H,14,15). The maximum absolute atomic E-state index is 5.30. The molecular weight excluding hydrogens is 230 g/mol. The van der Waals surface area contributed by atoms with Crippen molar-refractivity contribution < 1.29 is 9.26 Å². The van der Waals surface area contributed by atoms with Crippen LogP contribution >= 0.6 is 0 Å². The highest BCUT2D eigenvalue weighted by Crippen LogP contribution is 2.31. The first-order chi connectivity index (χ1) is 8.88. The van der Waals surface area contributed by atoms with Crippen molar-refractivity contribution in [2.45, 2.75) is 0 Å². The van der Waals surface area contributed by atoms with E-state index in [1.165, 1.54) is 0 Å². The van der Waals surface area contributed by atoms with Gasteiger partial charge in [-0.25, -0.2) is 0 Å². The molecule has 3 aromatic rings. The average molecular weight is 241 g/mol. The van der Waals surface area contributed by atoms with E-state index < -0.39 is 0 Å². The van der Waals surface area contributed by atoms with Crippen LogP contribution in [0.2, 0.25) is 0 Å². The molecule has 0 aliphatic heterocycles. The minimum Gasteiger partial charge on any atom is -0.494 e. The highest BCUT2D eigenvalue weighted by molar-refractivity contribution is 5.93. The zero-order valence-corrected chi connectivity index (χ0v) is 9.75. The molecule has 3 rings (SSSR count). The number of hydrogen-bond donors (Lipinski definition) is 1. The van der Waals surface area contributed by atoms with Crippen molar-refractivity contribution in [2.75, 3.05) is 12.4 Å². The maximum Gasteiger partial charge on any atom is 0.237 e. The van der Waals surface area contributed by atoms with Gasteiger partial charge in [0.1, 0.15) is 5.75 Å². The first-order valence-corrected chi connectivity index (χ1v) is 5.48. The Morgan fingerprint density at radius 3 is 2.78 bits per heavy atom. The summed E-state index contributed by atoms with van der Waals surface area (Å²) in [4.78, 5) is 3.96. The number of ether oxygens (including phenoxy) is 1. The molecule has 90 valence electrons. The number of rotatable bonds is 3. The van der Waals surface area contributed by atoms with Crippen LogP contribution in [0.25, 0.3) is 10.9 Å². The second-order valence-electron chi connectivity index (χ2n) is 3.73. The highest BCUT2D eigenvalue weighted by atomic mass is 16.5. The van der Waals surface area contributed by atoms with Crippen LogP contribution in [0.5, 0.6) is 5.75 Å². The molecule has 0 amide bonds. The van der Waals surface area contributed by atoms with Gasteiger partial charge in [-0.05, 0) is 24.3 Å². The van der Waals surface area contributed by atoms with E-state index in [1.807, 2.05) is 30.3 Å². The number of anilines is 2. The Hall–Kier alpha value is -2.56. The molecule has 1 N–H and O–H groups in total. The monoisotopic (exact) mass is 241 g/mol. The molecule has 1 aromatic carbocycles. The van der Waals surface area contributed by atoms with Crippen molar-refractivity contribution in [1.29, 1.82) is 0 Å². The van der Waals surface area contributed by atoms with Crippen molar-refractivity contribution in [3.05, 3.63) is 42.7 Å². The minimum atomic E-state index is 0.593. The van der Waals surface area contributed by atoms with Gasteiger partial charge in [0, 0.05) is 18.1 Å². The minimum absolute atomic E-state index is 0.593. The number of nitrogens with one attached hydrogen (secondary N) is 1. The van der Waals surface area contributed by atoms with Crippen LogP contribution in [0, 0.1) is 0 Å². The fourth-order valence-corrected chi connectivity index (χ4v) is 1.76. The van der Waals surface area contributed by atoms with E-state index in [-0.39, 0.29) is 0 Å². The summed E-state index contributed by atoms with van der Waals surface area (Å²) < 4.78 is 10.5. The van der Waals surface area contributed by atoms with Gasteiger partial charge < -0.3 is 14.6 Å². The normalized spacial score (nSPS) is 10.5. The predicted molar refractivity (Wildman–Crippen MR) is 68.1 cm³/mol. The first kappa shape index (κ1) is 10.6. The third-order valence-electron chi connectivity index (χ3n) is 2.63.